The normalized spacial score (nSPS) is 12.4. The Kier molecular flexibility index (Phi) is 7.12. The highest BCUT2D eigenvalue weighted by molar-refractivity contribution is 7.80. The molecule has 0 aliphatic heterocycles. The van der Waals surface area contributed by atoms with Crippen molar-refractivity contribution in [2.45, 2.75) is 32.7 Å². The second-order valence-corrected chi connectivity index (χ2v) is 7.01. The average Bonchev–Trinajstić information content (AvgIpc) is 2.69. The van der Waals surface area contributed by atoms with Crippen molar-refractivity contribution in [2.24, 2.45) is 0 Å². The molecule has 0 aromatic heterocycles. The largest absolute Gasteiger partial charge is 0.465 e. The lowest BCUT2D eigenvalue weighted by Gasteiger charge is -2.30. The molecule has 2 rings (SSSR count). The number of para-hydroxylation sites is 1. The summed E-state index contributed by atoms with van der Waals surface area (Å²) in [6, 6.07) is 14.3. The summed E-state index contributed by atoms with van der Waals surface area (Å²) in [6.45, 7) is 5.66. The molecule has 2 aromatic rings. The highest BCUT2D eigenvalue weighted by Crippen LogP contribution is 2.18. The van der Waals surface area contributed by atoms with Gasteiger partial charge in [0.25, 0.3) is 0 Å². The van der Waals surface area contributed by atoms with E-state index in [0.717, 1.165) is 11.3 Å². The molecule has 28 heavy (non-hydrogen) atoms. The van der Waals surface area contributed by atoms with Gasteiger partial charge in [-0.25, -0.2) is 4.79 Å². The third kappa shape index (κ3) is 5.29. The van der Waals surface area contributed by atoms with Gasteiger partial charge in [-0.05, 0) is 68.4 Å². The van der Waals surface area contributed by atoms with Crippen LogP contribution in [-0.4, -0.2) is 29.6 Å². The number of amides is 1. The first-order valence-corrected chi connectivity index (χ1v) is 9.34. The first-order chi connectivity index (χ1) is 13.3. The molecule has 1 amide bonds. The molecule has 148 valence electrons. The number of thiocarbonyl (C=S) groups is 1. The third-order valence-electron chi connectivity index (χ3n) is 4.55. The van der Waals surface area contributed by atoms with E-state index in [0.29, 0.717) is 22.8 Å². The van der Waals surface area contributed by atoms with Gasteiger partial charge in [0.05, 0.1) is 12.7 Å². The van der Waals surface area contributed by atoms with Crippen LogP contribution in [0, 0.1) is 6.92 Å². The average molecular weight is 400 g/mol. The van der Waals surface area contributed by atoms with Gasteiger partial charge in [-0.2, -0.15) is 0 Å². The number of anilines is 2. The SMILES string of the molecule is CCC(C)(NC(=S)Nc1ccc(C(=O)OC)cc1)C(=O)Nc1ccccc1C. The fourth-order valence-corrected chi connectivity index (χ4v) is 2.84. The van der Waals surface area contributed by atoms with Gasteiger partial charge < -0.3 is 20.7 Å². The maximum absolute atomic E-state index is 12.8. The fourth-order valence-electron chi connectivity index (χ4n) is 2.50. The highest BCUT2D eigenvalue weighted by Gasteiger charge is 2.32. The van der Waals surface area contributed by atoms with Gasteiger partial charge in [-0.3, -0.25) is 4.79 Å². The van der Waals surface area contributed by atoms with E-state index in [1.165, 1.54) is 7.11 Å². The van der Waals surface area contributed by atoms with Gasteiger partial charge >= 0.3 is 5.97 Å². The minimum Gasteiger partial charge on any atom is -0.465 e. The number of aryl methyl sites for hydroxylation is 1. The van der Waals surface area contributed by atoms with E-state index in [1.807, 2.05) is 38.1 Å². The van der Waals surface area contributed by atoms with Gasteiger partial charge in [0.15, 0.2) is 5.11 Å². The predicted molar refractivity (Wildman–Crippen MR) is 116 cm³/mol. The summed E-state index contributed by atoms with van der Waals surface area (Å²) in [5, 5.41) is 9.40. The fraction of sp³-hybridized carbons (Fsp3) is 0.286. The van der Waals surface area contributed by atoms with Gasteiger partial charge in [0.2, 0.25) is 5.91 Å². The standard InChI is InChI=1S/C21H25N3O3S/c1-5-21(3,19(26)23-17-9-7-6-8-14(17)2)24-20(28)22-16-12-10-15(11-13-16)18(25)27-4/h6-13H,5H2,1-4H3,(H,23,26)(H2,22,24,28). The van der Waals surface area contributed by atoms with Crippen molar-refractivity contribution in [2.75, 3.05) is 17.7 Å². The van der Waals surface area contributed by atoms with E-state index in [1.54, 1.807) is 31.2 Å². The lowest BCUT2D eigenvalue weighted by molar-refractivity contribution is -0.121. The molecule has 1 unspecified atom stereocenters. The summed E-state index contributed by atoms with van der Waals surface area (Å²) in [7, 11) is 1.33. The van der Waals surface area contributed by atoms with E-state index in [2.05, 4.69) is 20.7 Å². The Hall–Kier alpha value is -2.93. The molecule has 0 saturated carbocycles. The molecule has 7 heteroatoms. The van der Waals surface area contributed by atoms with Gasteiger partial charge in [-0.1, -0.05) is 25.1 Å². The molecule has 0 radical (unpaired) electrons. The quantitative estimate of drug-likeness (QED) is 0.505. The molecule has 0 aliphatic carbocycles. The van der Waals surface area contributed by atoms with Crippen LogP contribution in [0.2, 0.25) is 0 Å². The van der Waals surface area contributed by atoms with Crippen molar-refractivity contribution >= 4 is 40.6 Å². The predicted octanol–water partition coefficient (Wildman–Crippen LogP) is 3.88. The second-order valence-electron chi connectivity index (χ2n) is 6.60. The zero-order valence-electron chi connectivity index (χ0n) is 16.5. The molecule has 6 nitrogen and oxygen atoms in total. The number of methoxy groups -OCH3 is 1. The Bertz CT molecular complexity index is 867. The number of hydrogen-bond donors (Lipinski definition) is 3. The molecule has 1 atom stereocenters. The van der Waals surface area contributed by atoms with Crippen LogP contribution in [0.25, 0.3) is 0 Å². The molecular weight excluding hydrogens is 374 g/mol. The topological polar surface area (TPSA) is 79.5 Å². The first kappa shape index (κ1) is 21.4. The lowest BCUT2D eigenvalue weighted by Crippen LogP contribution is -2.55. The summed E-state index contributed by atoms with van der Waals surface area (Å²) in [5.41, 5.74) is 2.01. The van der Waals surface area contributed by atoms with Crippen LogP contribution in [0.3, 0.4) is 0 Å². The van der Waals surface area contributed by atoms with Crippen LogP contribution in [0.5, 0.6) is 0 Å². The van der Waals surface area contributed by atoms with Gasteiger partial charge in [0, 0.05) is 11.4 Å². The maximum atomic E-state index is 12.8. The molecule has 0 bridgehead atoms. The molecule has 0 aliphatic rings. The van der Waals surface area contributed by atoms with Crippen LogP contribution < -0.4 is 16.0 Å². The number of ether oxygens (including phenoxy) is 1. The van der Waals surface area contributed by atoms with Crippen molar-refractivity contribution in [1.82, 2.24) is 5.32 Å². The van der Waals surface area contributed by atoms with Crippen LogP contribution in [0.4, 0.5) is 11.4 Å². The van der Waals surface area contributed by atoms with E-state index in [4.69, 9.17) is 12.2 Å². The van der Waals surface area contributed by atoms with E-state index >= 15 is 0 Å². The number of nitrogens with one attached hydrogen (secondary N) is 3. The summed E-state index contributed by atoms with van der Waals surface area (Å²) in [4.78, 5) is 24.3. The van der Waals surface area contributed by atoms with E-state index in [9.17, 15) is 9.59 Å². The van der Waals surface area contributed by atoms with Crippen LogP contribution in [-0.2, 0) is 9.53 Å². The van der Waals surface area contributed by atoms with Crippen molar-refractivity contribution in [3.8, 4) is 0 Å². The van der Waals surface area contributed by atoms with Crippen molar-refractivity contribution in [3.63, 3.8) is 0 Å². The van der Waals surface area contributed by atoms with Crippen LogP contribution in [0.1, 0.15) is 36.2 Å². The highest BCUT2D eigenvalue weighted by atomic mass is 32.1. The van der Waals surface area contributed by atoms with Crippen molar-refractivity contribution < 1.29 is 14.3 Å². The lowest BCUT2D eigenvalue weighted by atomic mass is 9.97. The zero-order chi connectivity index (χ0) is 20.7. The maximum Gasteiger partial charge on any atom is 0.337 e. The van der Waals surface area contributed by atoms with Crippen molar-refractivity contribution in [1.29, 1.82) is 0 Å². The zero-order valence-corrected chi connectivity index (χ0v) is 17.3. The number of rotatable bonds is 6. The molecule has 3 N–H and O–H groups in total. The number of esters is 1. The van der Waals surface area contributed by atoms with Crippen LogP contribution >= 0.6 is 12.2 Å². The summed E-state index contributed by atoms with van der Waals surface area (Å²) >= 11 is 5.37. The third-order valence-corrected chi connectivity index (χ3v) is 4.76. The van der Waals surface area contributed by atoms with Gasteiger partial charge in [-0.15, -0.1) is 0 Å². The number of carbonyl (C=O) groups excluding carboxylic acids is 2. The molecule has 0 saturated heterocycles. The Labute approximate surface area is 170 Å². The minimum absolute atomic E-state index is 0.172. The van der Waals surface area contributed by atoms with E-state index < -0.39 is 11.5 Å². The molecular formula is C21H25N3O3S. The first-order valence-electron chi connectivity index (χ1n) is 8.93. The van der Waals surface area contributed by atoms with Crippen molar-refractivity contribution in [3.05, 3.63) is 59.7 Å². The van der Waals surface area contributed by atoms with Crippen LogP contribution in [0.15, 0.2) is 48.5 Å². The second kappa shape index (κ2) is 9.32. The Morgan fingerprint density at radius 1 is 1.07 bits per heavy atom. The molecule has 0 spiro atoms. The molecule has 2 aromatic carbocycles. The monoisotopic (exact) mass is 399 g/mol. The summed E-state index contributed by atoms with van der Waals surface area (Å²) in [6.07, 6.45) is 0.536. The Morgan fingerprint density at radius 3 is 2.29 bits per heavy atom. The Morgan fingerprint density at radius 2 is 1.71 bits per heavy atom. The number of hydrogen-bond acceptors (Lipinski definition) is 4. The molecule has 0 fully saturated rings. The van der Waals surface area contributed by atoms with E-state index in [-0.39, 0.29) is 5.91 Å². The number of benzene rings is 2. The number of carbonyl (C=O) groups is 2. The smallest absolute Gasteiger partial charge is 0.337 e. The minimum atomic E-state index is -0.891. The van der Waals surface area contributed by atoms with Gasteiger partial charge in [0.1, 0.15) is 5.54 Å². The summed E-state index contributed by atoms with van der Waals surface area (Å²) < 4.78 is 4.68. The Balaban J connectivity index is 2.03. The molecule has 0 heterocycles. The summed E-state index contributed by atoms with van der Waals surface area (Å²) in [5.74, 6) is -0.576.